The summed E-state index contributed by atoms with van der Waals surface area (Å²) < 4.78 is 35.6. The summed E-state index contributed by atoms with van der Waals surface area (Å²) in [5.74, 6) is 0. The molecule has 96 valence electrons. The lowest BCUT2D eigenvalue weighted by atomic mass is 10.3. The molecular weight excluding hydrogens is 249 g/mol. The number of hydrogen-bond donors (Lipinski definition) is 0. The van der Waals surface area contributed by atoms with E-state index < -0.39 is 23.9 Å². The van der Waals surface area contributed by atoms with Crippen molar-refractivity contribution in [2.45, 2.75) is 37.7 Å². The van der Waals surface area contributed by atoms with Gasteiger partial charge in [-0.15, -0.1) is 0 Å². The third-order valence-electron chi connectivity index (χ3n) is 2.67. The van der Waals surface area contributed by atoms with Crippen molar-refractivity contribution in [2.24, 2.45) is 0 Å². The van der Waals surface area contributed by atoms with Gasteiger partial charge in [-0.3, -0.25) is 4.57 Å². The Morgan fingerprint density at radius 1 is 1.31 bits per heavy atom. The van der Waals surface area contributed by atoms with Crippen LogP contribution in [0.3, 0.4) is 0 Å². The molecule has 1 rings (SSSR count). The lowest BCUT2D eigenvalue weighted by molar-refractivity contribution is 0.260. The minimum atomic E-state index is -3.20. The highest BCUT2D eigenvalue weighted by molar-refractivity contribution is 7.85. The first-order chi connectivity index (χ1) is 7.12. The molecule has 1 aliphatic heterocycles. The smallest absolute Gasteiger partial charge is 0.311 e. The summed E-state index contributed by atoms with van der Waals surface area (Å²) in [5, 5.41) is -0.755. The van der Waals surface area contributed by atoms with E-state index in [1.54, 1.807) is 11.2 Å². The first kappa shape index (κ1) is 14.3. The molecule has 0 radical (unpaired) electrons. The van der Waals surface area contributed by atoms with Crippen molar-refractivity contribution >= 4 is 18.6 Å². The van der Waals surface area contributed by atoms with Gasteiger partial charge in [0.05, 0.1) is 4.75 Å². The van der Waals surface area contributed by atoms with E-state index in [-0.39, 0.29) is 4.75 Å². The fraction of sp³-hybridized carbons (Fsp3) is 1.00. The lowest BCUT2D eigenvalue weighted by Gasteiger charge is -2.24. The van der Waals surface area contributed by atoms with Crippen LogP contribution in [0.15, 0.2) is 0 Å². The van der Waals surface area contributed by atoms with Gasteiger partial charge in [-0.25, -0.2) is 8.51 Å². The Bertz CT molecular complexity index is 346. The van der Waals surface area contributed by atoms with E-state index in [0.717, 1.165) is 0 Å². The third-order valence-corrected chi connectivity index (χ3v) is 7.31. The topological polar surface area (TPSA) is 55.6 Å². The first-order valence-electron chi connectivity index (χ1n) is 5.03. The molecule has 0 saturated carbocycles. The number of hydrogen-bond acceptors (Lipinski definition) is 4. The molecule has 2 unspecified atom stereocenters. The third kappa shape index (κ3) is 2.14. The van der Waals surface area contributed by atoms with Gasteiger partial charge in [0.1, 0.15) is 16.3 Å². The van der Waals surface area contributed by atoms with Gasteiger partial charge in [-0.2, -0.15) is 0 Å². The van der Waals surface area contributed by atoms with Crippen LogP contribution in [0, 0.1) is 0 Å². The normalized spacial score (nSPS) is 32.5. The van der Waals surface area contributed by atoms with Crippen molar-refractivity contribution in [1.29, 1.82) is 0 Å². The van der Waals surface area contributed by atoms with Gasteiger partial charge in [-0.1, -0.05) is 0 Å². The molecule has 1 heterocycles. The fourth-order valence-electron chi connectivity index (χ4n) is 1.50. The zero-order chi connectivity index (χ0) is 12.8. The summed E-state index contributed by atoms with van der Waals surface area (Å²) in [6.45, 7) is 7.87. The molecule has 7 heteroatoms. The molecule has 0 amide bonds. The van der Waals surface area contributed by atoms with Crippen molar-refractivity contribution in [3.05, 3.63) is 0 Å². The van der Waals surface area contributed by atoms with Crippen LogP contribution in [0.4, 0.5) is 0 Å². The van der Waals surface area contributed by atoms with Crippen molar-refractivity contribution < 1.29 is 17.8 Å². The summed E-state index contributed by atoms with van der Waals surface area (Å²) >= 11 is 0. The Labute approximate surface area is 99.6 Å². The summed E-state index contributed by atoms with van der Waals surface area (Å²) in [7, 11) is -1.69. The number of rotatable bonds is 4. The Hall–Kier alpha value is 0.260. The van der Waals surface area contributed by atoms with Crippen molar-refractivity contribution in [2.75, 3.05) is 20.8 Å². The largest absolute Gasteiger partial charge is 0.352 e. The van der Waals surface area contributed by atoms with Gasteiger partial charge < -0.3 is 9.05 Å². The van der Waals surface area contributed by atoms with E-state index in [9.17, 15) is 8.77 Å². The van der Waals surface area contributed by atoms with Gasteiger partial charge in [0.2, 0.25) is 0 Å². The Balaban J connectivity index is 2.89. The Kier molecular flexibility index (Phi) is 3.74. The first-order valence-corrected chi connectivity index (χ1v) is 7.68. The summed E-state index contributed by atoms with van der Waals surface area (Å²) in [6, 6.07) is 0. The summed E-state index contributed by atoms with van der Waals surface area (Å²) in [4.78, 5) is 0. The zero-order valence-electron chi connectivity index (χ0n) is 10.6. The summed E-state index contributed by atoms with van der Waals surface area (Å²) in [5.41, 5.74) is 0. The van der Waals surface area contributed by atoms with E-state index in [2.05, 4.69) is 0 Å². The highest BCUT2D eigenvalue weighted by atomic mass is 32.2. The standard InChI is InChI=1S/C9H20NO4PS/c1-8(2,3)16(12)10-7-9(10,4)15(11,13-5)14-6/h7H2,1-6H3/t9-,10?,16?/m1/s1. The van der Waals surface area contributed by atoms with Crippen LogP contribution in [-0.2, 0) is 24.6 Å². The van der Waals surface area contributed by atoms with E-state index in [1.807, 2.05) is 20.8 Å². The molecule has 0 N–H and O–H groups in total. The molecule has 1 saturated heterocycles. The van der Waals surface area contributed by atoms with Crippen LogP contribution in [0.25, 0.3) is 0 Å². The van der Waals surface area contributed by atoms with E-state index in [4.69, 9.17) is 9.05 Å². The second-order valence-electron chi connectivity index (χ2n) is 4.98. The van der Waals surface area contributed by atoms with E-state index in [0.29, 0.717) is 6.54 Å². The molecule has 0 aromatic rings. The molecule has 16 heavy (non-hydrogen) atoms. The minimum Gasteiger partial charge on any atom is -0.311 e. The second kappa shape index (κ2) is 4.18. The SMILES string of the molecule is COP(=O)(OC)[C@]1(C)CN1S(=O)C(C)(C)C. The quantitative estimate of drug-likeness (QED) is 0.578. The van der Waals surface area contributed by atoms with Gasteiger partial charge in [0.15, 0.2) is 0 Å². The molecule has 0 bridgehead atoms. The fourth-order valence-corrected chi connectivity index (χ4v) is 5.02. The number of nitrogens with zero attached hydrogens (tertiary/aromatic N) is 1. The predicted octanol–water partition coefficient (Wildman–Crippen LogP) is 1.97. The maximum Gasteiger partial charge on any atom is 0.352 e. The minimum absolute atomic E-state index is 0.371. The zero-order valence-corrected chi connectivity index (χ0v) is 12.4. The van der Waals surface area contributed by atoms with E-state index >= 15 is 0 Å². The highest BCUT2D eigenvalue weighted by Gasteiger charge is 2.66. The summed E-state index contributed by atoms with van der Waals surface area (Å²) in [6.07, 6.45) is 0. The average molecular weight is 269 g/mol. The lowest BCUT2D eigenvalue weighted by Crippen LogP contribution is -2.31. The second-order valence-corrected chi connectivity index (χ2v) is 9.83. The molecule has 1 fully saturated rings. The molecule has 0 aromatic carbocycles. The Morgan fingerprint density at radius 3 is 2.06 bits per heavy atom. The maximum atomic E-state index is 12.3. The monoisotopic (exact) mass is 269 g/mol. The van der Waals surface area contributed by atoms with Crippen LogP contribution >= 0.6 is 7.60 Å². The molecular formula is C9H20NO4PS. The molecule has 0 aliphatic carbocycles. The maximum absolute atomic E-state index is 12.3. The van der Waals surface area contributed by atoms with Crippen LogP contribution in [-0.4, -0.2) is 39.3 Å². The van der Waals surface area contributed by atoms with E-state index in [1.165, 1.54) is 14.2 Å². The van der Waals surface area contributed by atoms with Gasteiger partial charge in [0, 0.05) is 20.8 Å². The Morgan fingerprint density at radius 2 is 1.75 bits per heavy atom. The molecule has 5 nitrogen and oxygen atoms in total. The van der Waals surface area contributed by atoms with Crippen molar-refractivity contribution in [3.63, 3.8) is 0 Å². The van der Waals surface area contributed by atoms with Crippen molar-refractivity contribution in [3.8, 4) is 0 Å². The molecule has 0 spiro atoms. The van der Waals surface area contributed by atoms with Gasteiger partial charge in [0.25, 0.3) is 0 Å². The molecule has 0 aromatic heterocycles. The van der Waals surface area contributed by atoms with Crippen LogP contribution in [0.2, 0.25) is 0 Å². The average Bonchev–Trinajstić information content (AvgIpc) is 2.88. The molecule has 1 aliphatic rings. The van der Waals surface area contributed by atoms with Crippen LogP contribution < -0.4 is 0 Å². The van der Waals surface area contributed by atoms with Crippen molar-refractivity contribution in [1.82, 2.24) is 4.31 Å². The van der Waals surface area contributed by atoms with Gasteiger partial charge in [-0.05, 0) is 27.7 Å². The predicted molar refractivity (Wildman–Crippen MR) is 64.6 cm³/mol. The highest BCUT2D eigenvalue weighted by Crippen LogP contribution is 2.67. The van der Waals surface area contributed by atoms with Crippen LogP contribution in [0.1, 0.15) is 27.7 Å². The van der Waals surface area contributed by atoms with Gasteiger partial charge >= 0.3 is 7.60 Å². The van der Waals surface area contributed by atoms with Crippen LogP contribution in [0.5, 0.6) is 0 Å². The molecule has 3 atom stereocenters.